The van der Waals surface area contributed by atoms with Crippen molar-refractivity contribution in [2.75, 3.05) is 42.3 Å². The molecule has 0 saturated heterocycles. The summed E-state index contributed by atoms with van der Waals surface area (Å²) in [7, 11) is 12.5. The fourth-order valence-corrected chi connectivity index (χ4v) is 3.56. The summed E-state index contributed by atoms with van der Waals surface area (Å²) in [6.07, 6.45) is 1.13. The molecule has 0 unspecified atom stereocenters. The number of likely N-dealkylation sites (N-methyl/N-ethyl adjacent to an activating group) is 2. The zero-order chi connectivity index (χ0) is 17.3. The minimum Gasteiger partial charge on any atom is -0.456 e. The summed E-state index contributed by atoms with van der Waals surface area (Å²) in [5, 5.41) is 0. The molecule has 0 radical (unpaired) electrons. The second-order valence-electron chi connectivity index (χ2n) is 8.09. The molecule has 22 heavy (non-hydrogen) atoms. The van der Waals surface area contributed by atoms with Crippen molar-refractivity contribution in [3.8, 4) is 0 Å². The molecule has 0 aromatic rings. The third kappa shape index (κ3) is 4.68. The maximum Gasteiger partial charge on any atom is 0.303 e. The quantitative estimate of drug-likeness (QED) is 0.568. The van der Waals surface area contributed by atoms with Gasteiger partial charge in [0.15, 0.2) is 12.1 Å². The van der Waals surface area contributed by atoms with Crippen LogP contribution in [0.1, 0.15) is 26.7 Å². The third-order valence-corrected chi connectivity index (χ3v) is 4.35. The number of quaternary nitrogens is 2. The Balaban J connectivity index is 3.22. The van der Waals surface area contributed by atoms with Gasteiger partial charge in [0.1, 0.15) is 6.04 Å². The predicted octanol–water partition coefficient (Wildman–Crippen LogP) is 0.793. The van der Waals surface area contributed by atoms with E-state index >= 15 is 0 Å². The van der Waals surface area contributed by atoms with Gasteiger partial charge in [0.05, 0.1) is 42.3 Å². The molecule has 6 nitrogen and oxygen atoms in total. The molecule has 0 N–H and O–H groups in total. The topological polar surface area (TPSA) is 52.6 Å². The summed E-state index contributed by atoms with van der Waals surface area (Å²) in [5.41, 5.74) is 0. The first-order chi connectivity index (χ1) is 9.84. The lowest BCUT2D eigenvalue weighted by Gasteiger charge is -2.50. The molecule has 0 spiro atoms. The fraction of sp³-hybridized carbons (Fsp3) is 0.875. The van der Waals surface area contributed by atoms with E-state index in [9.17, 15) is 9.59 Å². The Morgan fingerprint density at radius 1 is 0.818 bits per heavy atom. The van der Waals surface area contributed by atoms with Gasteiger partial charge < -0.3 is 18.4 Å². The number of hydrogen-bond donors (Lipinski definition) is 0. The fourth-order valence-electron chi connectivity index (χ4n) is 3.56. The van der Waals surface area contributed by atoms with Crippen molar-refractivity contribution in [1.82, 2.24) is 0 Å². The van der Waals surface area contributed by atoms with Crippen LogP contribution in [-0.2, 0) is 19.1 Å². The lowest BCUT2D eigenvalue weighted by atomic mass is 9.82. The van der Waals surface area contributed by atoms with Crippen LogP contribution in [0.25, 0.3) is 0 Å². The van der Waals surface area contributed by atoms with E-state index in [-0.39, 0.29) is 36.2 Å². The molecule has 0 amide bonds. The van der Waals surface area contributed by atoms with Crippen LogP contribution in [-0.4, -0.2) is 87.5 Å². The molecule has 128 valence electrons. The van der Waals surface area contributed by atoms with Crippen molar-refractivity contribution in [3.05, 3.63) is 0 Å². The van der Waals surface area contributed by atoms with E-state index in [4.69, 9.17) is 9.47 Å². The lowest BCUT2D eigenvalue weighted by Crippen LogP contribution is -2.69. The van der Waals surface area contributed by atoms with Gasteiger partial charge in [0.25, 0.3) is 0 Å². The Morgan fingerprint density at radius 2 is 1.32 bits per heavy atom. The van der Waals surface area contributed by atoms with E-state index in [2.05, 4.69) is 42.3 Å². The highest BCUT2D eigenvalue weighted by atomic mass is 16.6. The molecule has 0 aromatic heterocycles. The largest absolute Gasteiger partial charge is 0.456 e. The second-order valence-corrected chi connectivity index (χ2v) is 8.09. The normalized spacial score (nSPS) is 29.8. The van der Waals surface area contributed by atoms with Crippen molar-refractivity contribution in [3.63, 3.8) is 0 Å². The summed E-state index contributed by atoms with van der Waals surface area (Å²) < 4.78 is 12.6. The van der Waals surface area contributed by atoms with Gasteiger partial charge in [-0.1, -0.05) is 0 Å². The van der Waals surface area contributed by atoms with Gasteiger partial charge in [-0.05, 0) is 6.42 Å². The van der Waals surface area contributed by atoms with Crippen molar-refractivity contribution in [2.24, 2.45) is 0 Å². The van der Waals surface area contributed by atoms with E-state index in [1.165, 1.54) is 13.8 Å². The van der Waals surface area contributed by atoms with Crippen LogP contribution in [0.5, 0.6) is 0 Å². The van der Waals surface area contributed by atoms with Gasteiger partial charge in [-0.25, -0.2) is 0 Å². The zero-order valence-corrected chi connectivity index (χ0v) is 15.3. The van der Waals surface area contributed by atoms with Crippen LogP contribution in [0.4, 0.5) is 0 Å². The van der Waals surface area contributed by atoms with Crippen LogP contribution in [0.3, 0.4) is 0 Å². The van der Waals surface area contributed by atoms with Crippen LogP contribution >= 0.6 is 0 Å². The van der Waals surface area contributed by atoms with Gasteiger partial charge in [-0.15, -0.1) is 0 Å². The first-order valence-electron chi connectivity index (χ1n) is 7.80. The first-order valence-corrected chi connectivity index (χ1v) is 7.80. The number of hydrogen-bond acceptors (Lipinski definition) is 4. The monoisotopic (exact) mass is 316 g/mol. The molecule has 1 aliphatic rings. The van der Waals surface area contributed by atoms with Gasteiger partial charge in [0.2, 0.25) is 6.10 Å². The smallest absolute Gasteiger partial charge is 0.303 e. The number of ether oxygens (including phenoxy) is 2. The highest BCUT2D eigenvalue weighted by molar-refractivity contribution is 5.67. The van der Waals surface area contributed by atoms with E-state index in [0.717, 1.165) is 12.8 Å². The summed E-state index contributed by atoms with van der Waals surface area (Å²) in [4.78, 5) is 23.1. The summed E-state index contributed by atoms with van der Waals surface area (Å²) >= 11 is 0. The average molecular weight is 316 g/mol. The molecule has 1 rings (SSSR count). The SMILES string of the molecule is CC(=O)O[C@@H]1[C@@H]([N+](C)(C)C)[C@H](OC(C)=O)CC[C@@H]1[N+](C)(C)C. The molecule has 1 aliphatic carbocycles. The van der Waals surface area contributed by atoms with Crippen LogP contribution in [0.2, 0.25) is 0 Å². The van der Waals surface area contributed by atoms with Crippen LogP contribution in [0, 0.1) is 0 Å². The van der Waals surface area contributed by atoms with Gasteiger partial charge in [0, 0.05) is 20.3 Å². The minimum absolute atomic E-state index is 0.0797. The van der Waals surface area contributed by atoms with Gasteiger partial charge >= 0.3 is 11.9 Å². The summed E-state index contributed by atoms with van der Waals surface area (Å²) in [6.45, 7) is 2.87. The zero-order valence-electron chi connectivity index (χ0n) is 15.3. The molecular weight excluding hydrogens is 284 g/mol. The van der Waals surface area contributed by atoms with Crippen molar-refractivity contribution in [2.45, 2.75) is 51.0 Å². The molecule has 1 saturated carbocycles. The lowest BCUT2D eigenvalue weighted by molar-refractivity contribution is -0.931. The Labute approximate surface area is 134 Å². The van der Waals surface area contributed by atoms with Crippen LogP contribution < -0.4 is 0 Å². The third-order valence-electron chi connectivity index (χ3n) is 4.35. The standard InChI is InChI=1S/C16H32N2O4/c1-11(19)21-14-10-9-13(17(3,4)5)16(22-12(2)20)15(14)18(6,7)8/h13-16H,9-10H2,1-8H3/q+2/t13-,14+,15-,16-/m0/s1. The van der Waals surface area contributed by atoms with Crippen molar-refractivity contribution < 1.29 is 28.0 Å². The molecular formula is C16H32N2O4+2. The average Bonchev–Trinajstić information content (AvgIpc) is 2.23. The van der Waals surface area contributed by atoms with Crippen molar-refractivity contribution in [1.29, 1.82) is 0 Å². The number of rotatable bonds is 4. The maximum absolute atomic E-state index is 11.6. The van der Waals surface area contributed by atoms with E-state index in [1.807, 2.05) is 0 Å². The maximum atomic E-state index is 11.6. The Hall–Kier alpha value is -1.14. The Bertz CT molecular complexity index is 423. The molecule has 6 heteroatoms. The summed E-state index contributed by atoms with van der Waals surface area (Å²) in [6, 6.07) is 0.0990. The minimum atomic E-state index is -0.287. The Kier molecular flexibility index (Phi) is 5.62. The molecule has 0 heterocycles. The van der Waals surface area contributed by atoms with Gasteiger partial charge in [-0.2, -0.15) is 0 Å². The van der Waals surface area contributed by atoms with Gasteiger partial charge in [-0.3, -0.25) is 9.59 Å². The van der Waals surface area contributed by atoms with E-state index < -0.39 is 0 Å². The first kappa shape index (κ1) is 18.9. The Morgan fingerprint density at radius 3 is 1.68 bits per heavy atom. The van der Waals surface area contributed by atoms with E-state index in [1.54, 1.807) is 0 Å². The highest BCUT2D eigenvalue weighted by Gasteiger charge is 2.54. The van der Waals surface area contributed by atoms with E-state index in [0.29, 0.717) is 8.97 Å². The highest BCUT2D eigenvalue weighted by Crippen LogP contribution is 2.34. The molecule has 0 bridgehead atoms. The number of esters is 2. The molecule has 1 fully saturated rings. The predicted molar refractivity (Wildman–Crippen MR) is 84.0 cm³/mol. The number of nitrogens with zero attached hydrogens (tertiary/aromatic N) is 2. The molecule has 0 aromatic carbocycles. The number of carbonyl (C=O) groups is 2. The molecule has 0 aliphatic heterocycles. The van der Waals surface area contributed by atoms with Crippen LogP contribution in [0.15, 0.2) is 0 Å². The van der Waals surface area contributed by atoms with Crippen molar-refractivity contribution >= 4 is 11.9 Å². The number of carbonyl (C=O) groups excluding carboxylic acids is 2. The summed E-state index contributed by atoms with van der Waals surface area (Å²) in [5.74, 6) is -0.570. The second kappa shape index (κ2) is 6.54. The molecule has 4 atom stereocenters.